The third-order valence-corrected chi connectivity index (χ3v) is 5.10. The topological polar surface area (TPSA) is 241 Å². The average Bonchev–Trinajstić information content (AvgIpc) is 3.00. The molecule has 0 heterocycles. The summed E-state index contributed by atoms with van der Waals surface area (Å²) < 4.78 is 30.8. The average molecular weight is 643 g/mol. The number of carbonyl (C=O) groups excluding carboxylic acids is 2. The van der Waals surface area contributed by atoms with E-state index in [2.05, 4.69) is 10.2 Å². The Morgan fingerprint density at radius 2 is 1.11 bits per heavy atom. The zero-order valence-corrected chi connectivity index (χ0v) is 25.0. The van der Waals surface area contributed by atoms with Gasteiger partial charge in [-0.3, -0.25) is 9.59 Å². The molecule has 0 unspecified atom stereocenters. The molecule has 0 aliphatic rings. The summed E-state index contributed by atoms with van der Waals surface area (Å²) in [7, 11) is 0. The minimum absolute atomic E-state index is 0.0320. The Morgan fingerprint density at radius 3 is 1.59 bits per heavy atom. The van der Waals surface area contributed by atoms with Gasteiger partial charge in [0.1, 0.15) is 55.1 Å². The van der Waals surface area contributed by atoms with Crippen LogP contribution >= 0.6 is 0 Å². The number of nitrogen functional groups attached to an aromatic ring is 2. The first-order chi connectivity index (χ1) is 21.9. The number of nitrogens with zero attached hydrogens (tertiary/aromatic N) is 2. The molecule has 0 aliphatic heterocycles. The van der Waals surface area contributed by atoms with Gasteiger partial charge in [-0.2, -0.15) is 5.11 Å². The molecule has 0 aromatic heterocycles. The molecule has 3 rings (SSSR count). The van der Waals surface area contributed by atoms with Crippen molar-refractivity contribution in [1.29, 1.82) is 0 Å². The Labute approximate surface area is 263 Å². The number of carbonyl (C=O) groups is 4. The Morgan fingerprint density at radius 1 is 0.630 bits per heavy atom. The fourth-order valence-corrected chi connectivity index (χ4v) is 3.13. The van der Waals surface area contributed by atoms with Gasteiger partial charge in [0.15, 0.2) is 13.2 Å². The van der Waals surface area contributed by atoms with Crippen LogP contribution in [-0.2, 0) is 28.7 Å². The number of hydrogen-bond donors (Lipinski definition) is 4. The van der Waals surface area contributed by atoms with E-state index in [0.29, 0.717) is 22.9 Å². The van der Waals surface area contributed by atoms with Gasteiger partial charge in [0.2, 0.25) is 0 Å². The molecule has 16 nitrogen and oxygen atoms in total. The zero-order chi connectivity index (χ0) is 33.9. The van der Waals surface area contributed by atoms with Crippen LogP contribution in [0.1, 0.15) is 13.8 Å². The molecule has 0 amide bonds. The highest BCUT2D eigenvalue weighted by Gasteiger charge is 2.12. The van der Waals surface area contributed by atoms with Crippen molar-refractivity contribution >= 4 is 46.6 Å². The minimum atomic E-state index is -1.08. The summed E-state index contributed by atoms with van der Waals surface area (Å²) in [6.07, 6.45) is 0. The first-order valence-corrected chi connectivity index (χ1v) is 13.4. The van der Waals surface area contributed by atoms with E-state index in [1.54, 1.807) is 48.5 Å². The molecule has 0 bridgehead atoms. The van der Waals surface area contributed by atoms with E-state index < -0.39 is 30.5 Å². The van der Waals surface area contributed by atoms with Crippen molar-refractivity contribution in [1.82, 2.24) is 0 Å². The Balaban J connectivity index is 0.000000512. The van der Waals surface area contributed by atoms with Crippen molar-refractivity contribution in [2.24, 2.45) is 10.2 Å². The van der Waals surface area contributed by atoms with Gasteiger partial charge in [-0.25, -0.2) is 9.59 Å². The van der Waals surface area contributed by atoms with Crippen LogP contribution in [-0.4, -0.2) is 73.7 Å². The SMILES string of the molecule is CC(=O)OCCOc1cc(N=Nc2ccc(OCC(=O)O)cc2)c(OCCOC(C)=O)cc1N.Nc1ccc(OCC(=O)O)cc1. The van der Waals surface area contributed by atoms with Crippen LogP contribution in [0.2, 0.25) is 0 Å². The molecule has 0 saturated heterocycles. The standard InChI is InChI=1S/C22H25N3O9.C8H9NO3/c1-14(26)30-7-9-32-20-12-19(21(11-18(20)23)33-10-8-31-15(2)27)25-24-16-3-5-17(6-4-16)34-13-22(28)29;9-6-1-3-7(4-2-6)12-5-8(10)11/h3-6,11-12H,7-10,13,23H2,1-2H3,(H,28,29);1-4H,5,9H2,(H,10,11). The predicted molar refractivity (Wildman–Crippen MR) is 163 cm³/mol. The van der Waals surface area contributed by atoms with Crippen LogP contribution in [0.4, 0.5) is 22.7 Å². The lowest BCUT2D eigenvalue weighted by atomic mass is 10.2. The summed E-state index contributed by atoms with van der Waals surface area (Å²) in [5.41, 5.74) is 13.1. The molecule has 6 N–H and O–H groups in total. The fourth-order valence-electron chi connectivity index (χ4n) is 3.13. The zero-order valence-electron chi connectivity index (χ0n) is 25.0. The van der Waals surface area contributed by atoms with E-state index in [0.717, 1.165) is 0 Å². The quantitative estimate of drug-likeness (QED) is 0.0753. The molecular weight excluding hydrogens is 608 g/mol. The van der Waals surface area contributed by atoms with Gasteiger partial charge in [0.05, 0.1) is 11.4 Å². The summed E-state index contributed by atoms with van der Waals surface area (Å²) in [5.74, 6) is -1.50. The molecule has 246 valence electrons. The molecule has 0 fully saturated rings. The lowest BCUT2D eigenvalue weighted by Crippen LogP contribution is -2.11. The molecule has 0 radical (unpaired) electrons. The number of aliphatic carboxylic acids is 2. The van der Waals surface area contributed by atoms with E-state index in [1.165, 1.54) is 26.0 Å². The maximum absolute atomic E-state index is 10.9. The number of azo groups is 1. The monoisotopic (exact) mass is 642 g/mol. The first kappa shape index (κ1) is 36.1. The van der Waals surface area contributed by atoms with Crippen LogP contribution in [0.25, 0.3) is 0 Å². The number of hydrogen-bond acceptors (Lipinski definition) is 14. The summed E-state index contributed by atoms with van der Waals surface area (Å²) in [4.78, 5) is 42.5. The number of ether oxygens (including phenoxy) is 6. The van der Waals surface area contributed by atoms with E-state index in [9.17, 15) is 19.2 Å². The second-order valence-corrected chi connectivity index (χ2v) is 8.86. The third-order valence-electron chi connectivity index (χ3n) is 5.10. The molecule has 46 heavy (non-hydrogen) atoms. The fraction of sp³-hybridized carbons (Fsp3) is 0.267. The Hall–Kier alpha value is -6.06. The number of carboxylic acid groups (broad SMARTS) is 2. The number of benzene rings is 3. The van der Waals surface area contributed by atoms with Gasteiger partial charge in [-0.05, 0) is 48.5 Å². The lowest BCUT2D eigenvalue weighted by molar-refractivity contribution is -0.142. The molecule has 0 aliphatic carbocycles. The lowest BCUT2D eigenvalue weighted by Gasteiger charge is -2.13. The van der Waals surface area contributed by atoms with Gasteiger partial charge in [0, 0.05) is 31.7 Å². The smallest absolute Gasteiger partial charge is 0.341 e. The van der Waals surface area contributed by atoms with E-state index in [-0.39, 0.29) is 55.9 Å². The van der Waals surface area contributed by atoms with Gasteiger partial charge < -0.3 is 50.1 Å². The van der Waals surface area contributed by atoms with Gasteiger partial charge in [-0.1, -0.05) is 0 Å². The highest BCUT2D eigenvalue weighted by molar-refractivity contribution is 5.69. The first-order valence-electron chi connectivity index (χ1n) is 13.4. The highest BCUT2D eigenvalue weighted by atomic mass is 16.6. The maximum Gasteiger partial charge on any atom is 0.341 e. The summed E-state index contributed by atoms with van der Waals surface area (Å²) in [5, 5.41) is 25.3. The number of nitrogens with two attached hydrogens (primary N) is 2. The normalized spacial score (nSPS) is 10.2. The van der Waals surface area contributed by atoms with Crippen LogP contribution < -0.4 is 30.4 Å². The van der Waals surface area contributed by atoms with Crippen LogP contribution in [0.3, 0.4) is 0 Å². The second-order valence-electron chi connectivity index (χ2n) is 8.86. The van der Waals surface area contributed by atoms with Gasteiger partial charge in [0.25, 0.3) is 0 Å². The molecule has 3 aromatic rings. The number of carboxylic acids is 2. The molecule has 0 spiro atoms. The number of rotatable bonds is 16. The van der Waals surface area contributed by atoms with Crippen molar-refractivity contribution in [3.05, 3.63) is 60.7 Å². The second kappa shape index (κ2) is 19.3. The largest absolute Gasteiger partial charge is 0.488 e. The molecule has 16 heteroatoms. The van der Waals surface area contributed by atoms with Gasteiger partial charge >= 0.3 is 23.9 Å². The van der Waals surface area contributed by atoms with Crippen molar-refractivity contribution in [2.45, 2.75) is 13.8 Å². The summed E-state index contributed by atoms with van der Waals surface area (Å²) >= 11 is 0. The number of esters is 2. The molecule has 3 aromatic carbocycles. The van der Waals surface area contributed by atoms with Crippen molar-refractivity contribution in [2.75, 3.05) is 51.1 Å². The highest BCUT2D eigenvalue weighted by Crippen LogP contribution is 2.38. The molecule has 0 saturated carbocycles. The summed E-state index contributed by atoms with van der Waals surface area (Å²) in [6, 6.07) is 15.8. The summed E-state index contributed by atoms with van der Waals surface area (Å²) in [6.45, 7) is 2.00. The Bertz CT molecular complexity index is 1480. The van der Waals surface area contributed by atoms with Crippen molar-refractivity contribution in [3.8, 4) is 23.0 Å². The van der Waals surface area contributed by atoms with E-state index >= 15 is 0 Å². The maximum atomic E-state index is 10.9. The minimum Gasteiger partial charge on any atom is -0.488 e. The van der Waals surface area contributed by atoms with Crippen molar-refractivity contribution in [3.63, 3.8) is 0 Å². The molecule has 0 atom stereocenters. The Kier molecular flexibility index (Phi) is 15.1. The van der Waals surface area contributed by atoms with E-state index in [1.807, 2.05) is 0 Å². The molecular formula is C30H34N4O12. The van der Waals surface area contributed by atoms with E-state index in [4.69, 9.17) is 50.1 Å². The van der Waals surface area contributed by atoms with Crippen LogP contribution in [0.5, 0.6) is 23.0 Å². The third kappa shape index (κ3) is 14.9. The van der Waals surface area contributed by atoms with Crippen LogP contribution in [0.15, 0.2) is 70.9 Å². The van der Waals surface area contributed by atoms with Crippen LogP contribution in [0, 0.1) is 0 Å². The van der Waals surface area contributed by atoms with Crippen molar-refractivity contribution < 1.29 is 57.8 Å². The number of anilines is 2. The predicted octanol–water partition coefficient (Wildman–Crippen LogP) is 3.76. The van der Waals surface area contributed by atoms with Gasteiger partial charge in [-0.15, -0.1) is 5.11 Å².